The van der Waals surface area contributed by atoms with Gasteiger partial charge in [-0.3, -0.25) is 4.79 Å². The topological polar surface area (TPSA) is 30.0 Å². The number of aromatic nitrogens is 1. The summed E-state index contributed by atoms with van der Waals surface area (Å²) in [5, 5.41) is 0. The number of carbonyl (C=O) groups excluding carboxylic acids is 1. The van der Waals surface area contributed by atoms with E-state index in [1.54, 1.807) is 36.4 Å². The van der Waals surface area contributed by atoms with Crippen molar-refractivity contribution in [2.24, 2.45) is 0 Å². The predicted molar refractivity (Wildman–Crippen MR) is 55.0 cm³/mol. The second kappa shape index (κ2) is 4.00. The molecule has 0 spiro atoms. The second-order valence-electron chi connectivity index (χ2n) is 3.05. The van der Waals surface area contributed by atoms with E-state index in [2.05, 4.69) is 4.98 Å². The third kappa shape index (κ3) is 1.91. The Labute approximate surface area is 86.4 Å². The Hall–Kier alpha value is -2.03. The zero-order chi connectivity index (χ0) is 10.7. The number of carbonyl (C=O) groups is 1. The third-order valence-corrected chi connectivity index (χ3v) is 2.04. The first kappa shape index (κ1) is 9.52. The fraction of sp³-hybridized carbons (Fsp3) is 0. The normalized spacial score (nSPS) is 9.93. The lowest BCUT2D eigenvalue weighted by molar-refractivity contribution is 0.111. The van der Waals surface area contributed by atoms with E-state index >= 15 is 0 Å². The molecule has 1 aromatic carbocycles. The van der Waals surface area contributed by atoms with Gasteiger partial charge in [0.05, 0.1) is 5.69 Å². The molecule has 3 heteroatoms. The Morgan fingerprint density at radius 2 is 1.87 bits per heavy atom. The summed E-state index contributed by atoms with van der Waals surface area (Å²) in [5.41, 5.74) is 1.18. The lowest BCUT2D eigenvalue weighted by Gasteiger charge is -2.02. The maximum absolute atomic E-state index is 13.4. The molecule has 2 rings (SSSR count). The highest BCUT2D eigenvalue weighted by Gasteiger charge is 2.05. The monoisotopic (exact) mass is 201 g/mol. The number of hydrogen-bond donors (Lipinski definition) is 0. The third-order valence-electron chi connectivity index (χ3n) is 2.04. The molecule has 1 aromatic heterocycles. The van der Waals surface area contributed by atoms with Crippen LogP contribution in [-0.4, -0.2) is 11.3 Å². The maximum atomic E-state index is 13.4. The van der Waals surface area contributed by atoms with Crippen LogP contribution in [0.3, 0.4) is 0 Å². The highest BCUT2D eigenvalue weighted by atomic mass is 19.1. The lowest BCUT2D eigenvalue weighted by Crippen LogP contribution is -1.91. The second-order valence-corrected chi connectivity index (χ2v) is 3.05. The molecule has 15 heavy (non-hydrogen) atoms. The Kier molecular flexibility index (Phi) is 2.54. The van der Waals surface area contributed by atoms with Gasteiger partial charge in [-0.15, -0.1) is 0 Å². The van der Waals surface area contributed by atoms with Crippen molar-refractivity contribution in [3.63, 3.8) is 0 Å². The van der Waals surface area contributed by atoms with Gasteiger partial charge in [0.2, 0.25) is 0 Å². The van der Waals surface area contributed by atoms with Crippen molar-refractivity contribution in [3.8, 4) is 11.3 Å². The molecule has 0 aliphatic rings. The van der Waals surface area contributed by atoms with Gasteiger partial charge < -0.3 is 0 Å². The van der Waals surface area contributed by atoms with Gasteiger partial charge >= 0.3 is 0 Å². The summed E-state index contributed by atoms with van der Waals surface area (Å²) in [6, 6.07) is 11.3. The fourth-order valence-electron chi connectivity index (χ4n) is 1.34. The van der Waals surface area contributed by atoms with Gasteiger partial charge in [0.25, 0.3) is 0 Å². The summed E-state index contributed by atoms with van der Waals surface area (Å²) in [5.74, 6) is -0.340. The molecule has 0 aliphatic heterocycles. The summed E-state index contributed by atoms with van der Waals surface area (Å²) in [6.45, 7) is 0. The van der Waals surface area contributed by atoms with Crippen LogP contribution in [0.25, 0.3) is 11.3 Å². The van der Waals surface area contributed by atoms with Crippen LogP contribution in [0.5, 0.6) is 0 Å². The van der Waals surface area contributed by atoms with Crippen LogP contribution in [0, 0.1) is 5.82 Å². The molecular weight excluding hydrogens is 193 g/mol. The summed E-state index contributed by atoms with van der Waals surface area (Å²) < 4.78 is 13.4. The minimum absolute atomic E-state index is 0.302. The molecule has 2 aromatic rings. The van der Waals surface area contributed by atoms with E-state index < -0.39 is 0 Å². The van der Waals surface area contributed by atoms with E-state index in [-0.39, 0.29) is 5.82 Å². The Balaban J connectivity index is 2.54. The minimum atomic E-state index is -0.340. The highest BCUT2D eigenvalue weighted by Crippen LogP contribution is 2.19. The van der Waals surface area contributed by atoms with E-state index in [4.69, 9.17) is 0 Å². The lowest BCUT2D eigenvalue weighted by atomic mass is 10.1. The predicted octanol–water partition coefficient (Wildman–Crippen LogP) is 2.70. The zero-order valence-corrected chi connectivity index (χ0v) is 7.85. The number of rotatable bonds is 2. The molecule has 2 nitrogen and oxygen atoms in total. The van der Waals surface area contributed by atoms with Crippen molar-refractivity contribution < 1.29 is 9.18 Å². The Morgan fingerprint density at radius 1 is 1.07 bits per heavy atom. The summed E-state index contributed by atoms with van der Waals surface area (Å²) in [7, 11) is 0. The van der Waals surface area contributed by atoms with E-state index in [1.807, 2.05) is 0 Å². The molecule has 0 amide bonds. The van der Waals surface area contributed by atoms with Crippen molar-refractivity contribution in [1.82, 2.24) is 4.98 Å². The molecule has 0 saturated carbocycles. The smallest absolute Gasteiger partial charge is 0.168 e. The van der Waals surface area contributed by atoms with E-state index in [0.717, 1.165) is 0 Å². The van der Waals surface area contributed by atoms with Gasteiger partial charge in [0.1, 0.15) is 11.5 Å². The molecule has 0 aliphatic carbocycles. The average molecular weight is 201 g/mol. The van der Waals surface area contributed by atoms with E-state index in [1.165, 1.54) is 6.07 Å². The first-order valence-corrected chi connectivity index (χ1v) is 4.48. The Morgan fingerprint density at radius 3 is 2.60 bits per heavy atom. The summed E-state index contributed by atoms with van der Waals surface area (Å²) >= 11 is 0. The van der Waals surface area contributed by atoms with Crippen LogP contribution in [0.1, 0.15) is 10.5 Å². The molecule has 0 N–H and O–H groups in total. The van der Waals surface area contributed by atoms with Crippen molar-refractivity contribution in [2.75, 3.05) is 0 Å². The molecule has 1 heterocycles. The standard InChI is InChI=1S/C12H8FNO/c13-11-6-2-1-5-10(11)12-7-3-4-9(8-15)14-12/h1-8H. The van der Waals surface area contributed by atoms with E-state index in [0.29, 0.717) is 23.2 Å². The van der Waals surface area contributed by atoms with Gasteiger partial charge in [-0.05, 0) is 24.3 Å². The zero-order valence-electron chi connectivity index (χ0n) is 7.85. The highest BCUT2D eigenvalue weighted by molar-refractivity contribution is 5.73. The van der Waals surface area contributed by atoms with Crippen LogP contribution < -0.4 is 0 Å². The first-order valence-electron chi connectivity index (χ1n) is 4.48. The van der Waals surface area contributed by atoms with Crippen LogP contribution in [0.15, 0.2) is 42.5 Å². The fourth-order valence-corrected chi connectivity index (χ4v) is 1.34. The number of benzene rings is 1. The quantitative estimate of drug-likeness (QED) is 0.699. The van der Waals surface area contributed by atoms with Gasteiger partial charge in [-0.2, -0.15) is 0 Å². The van der Waals surface area contributed by atoms with Crippen molar-refractivity contribution in [2.45, 2.75) is 0 Å². The van der Waals surface area contributed by atoms with Gasteiger partial charge in [0, 0.05) is 5.56 Å². The van der Waals surface area contributed by atoms with Crippen LogP contribution >= 0.6 is 0 Å². The molecule has 0 atom stereocenters. The molecule has 0 fully saturated rings. The van der Waals surface area contributed by atoms with Gasteiger partial charge in [-0.25, -0.2) is 9.37 Å². The first-order chi connectivity index (χ1) is 7.31. The molecule has 0 unspecified atom stereocenters. The van der Waals surface area contributed by atoms with Crippen LogP contribution in [-0.2, 0) is 0 Å². The molecule has 74 valence electrons. The van der Waals surface area contributed by atoms with E-state index in [9.17, 15) is 9.18 Å². The number of pyridine rings is 1. The molecule has 0 saturated heterocycles. The molecule has 0 radical (unpaired) electrons. The number of aldehydes is 1. The van der Waals surface area contributed by atoms with Crippen molar-refractivity contribution in [3.05, 3.63) is 54.0 Å². The number of halogens is 1. The number of hydrogen-bond acceptors (Lipinski definition) is 2. The average Bonchev–Trinajstić information content (AvgIpc) is 2.30. The number of nitrogens with zero attached hydrogens (tertiary/aromatic N) is 1. The SMILES string of the molecule is O=Cc1cccc(-c2ccccc2F)n1. The molecule has 0 bridgehead atoms. The largest absolute Gasteiger partial charge is 0.296 e. The molecular formula is C12H8FNO. The van der Waals surface area contributed by atoms with Crippen molar-refractivity contribution in [1.29, 1.82) is 0 Å². The van der Waals surface area contributed by atoms with Crippen LogP contribution in [0.2, 0.25) is 0 Å². The van der Waals surface area contributed by atoms with Gasteiger partial charge in [-0.1, -0.05) is 18.2 Å². The summed E-state index contributed by atoms with van der Waals surface area (Å²) in [6.07, 6.45) is 0.643. The maximum Gasteiger partial charge on any atom is 0.168 e. The van der Waals surface area contributed by atoms with Crippen molar-refractivity contribution >= 4 is 6.29 Å². The minimum Gasteiger partial charge on any atom is -0.296 e. The van der Waals surface area contributed by atoms with Crippen LogP contribution in [0.4, 0.5) is 4.39 Å². The van der Waals surface area contributed by atoms with Gasteiger partial charge in [0.15, 0.2) is 6.29 Å². The summed E-state index contributed by atoms with van der Waals surface area (Å²) in [4.78, 5) is 14.5. The Bertz CT molecular complexity index is 496.